The predicted octanol–water partition coefficient (Wildman–Crippen LogP) is 2.75. The molecule has 2 atom stereocenters. The highest BCUT2D eigenvalue weighted by Crippen LogP contribution is 2.29. The average molecular weight is 327 g/mol. The molecule has 1 heterocycles. The Morgan fingerprint density at radius 2 is 2.22 bits per heavy atom. The van der Waals surface area contributed by atoms with Crippen LogP contribution in [0.3, 0.4) is 0 Å². The molecule has 1 fully saturated rings. The van der Waals surface area contributed by atoms with Gasteiger partial charge in [-0.3, -0.25) is 0 Å². The summed E-state index contributed by atoms with van der Waals surface area (Å²) in [6.45, 7) is 0. The normalized spacial score (nSPS) is 25.2. The third-order valence-electron chi connectivity index (χ3n) is 3.03. The fourth-order valence-corrected chi connectivity index (χ4v) is 5.78. The van der Waals surface area contributed by atoms with Gasteiger partial charge in [0, 0.05) is 11.3 Å². The molecule has 0 aliphatic heterocycles. The maximum Gasteiger partial charge on any atom is 0.251 e. The summed E-state index contributed by atoms with van der Waals surface area (Å²) in [5.74, 6) is 0. The smallest absolute Gasteiger partial charge is 0.232 e. The second-order valence-electron chi connectivity index (χ2n) is 4.22. The molecule has 1 aromatic heterocycles. The molecule has 0 bridgehead atoms. The Hall–Kier alpha value is 0.180. The Morgan fingerprint density at radius 3 is 2.83 bits per heavy atom. The lowest BCUT2D eigenvalue weighted by Crippen LogP contribution is -2.43. The molecule has 1 N–H and O–H groups in total. The standard InChI is InChI=1S/C10H15ClN2O2S3/c1-16-8-5-3-2-4-7(8)13-18(14,15)9-6-12-10(11)17-9/h6-8,13H,2-5H2,1H3. The number of sulfonamides is 1. The number of thioether (sulfide) groups is 1. The van der Waals surface area contributed by atoms with Crippen molar-refractivity contribution in [1.82, 2.24) is 9.71 Å². The Bertz CT molecular complexity index is 503. The minimum Gasteiger partial charge on any atom is -0.232 e. The first-order valence-electron chi connectivity index (χ1n) is 5.69. The average Bonchev–Trinajstić information content (AvgIpc) is 2.77. The van der Waals surface area contributed by atoms with Crippen LogP contribution in [0, 0.1) is 0 Å². The van der Waals surface area contributed by atoms with Crippen LogP contribution >= 0.6 is 34.7 Å². The summed E-state index contributed by atoms with van der Waals surface area (Å²) >= 11 is 8.40. The number of nitrogens with zero attached hydrogens (tertiary/aromatic N) is 1. The highest BCUT2D eigenvalue weighted by molar-refractivity contribution is 7.99. The van der Waals surface area contributed by atoms with Crippen molar-refractivity contribution in [2.45, 2.75) is 41.2 Å². The highest BCUT2D eigenvalue weighted by Gasteiger charge is 2.29. The van der Waals surface area contributed by atoms with E-state index >= 15 is 0 Å². The second kappa shape index (κ2) is 6.09. The van der Waals surface area contributed by atoms with Gasteiger partial charge in [-0.15, -0.1) is 0 Å². The van der Waals surface area contributed by atoms with Gasteiger partial charge in [-0.25, -0.2) is 18.1 Å². The van der Waals surface area contributed by atoms with Crippen molar-refractivity contribution in [3.05, 3.63) is 10.7 Å². The fourth-order valence-electron chi connectivity index (χ4n) is 2.13. The molecular formula is C10H15ClN2O2S3. The summed E-state index contributed by atoms with van der Waals surface area (Å²) in [6, 6.07) is 0.0135. The van der Waals surface area contributed by atoms with E-state index in [1.807, 2.05) is 6.26 Å². The molecule has 2 unspecified atom stereocenters. The minimum atomic E-state index is -3.47. The molecule has 0 amide bonds. The van der Waals surface area contributed by atoms with Crippen LogP contribution in [-0.4, -0.2) is 30.9 Å². The van der Waals surface area contributed by atoms with Crippen LogP contribution in [0.25, 0.3) is 0 Å². The van der Waals surface area contributed by atoms with Crippen LogP contribution in [0.15, 0.2) is 10.4 Å². The fraction of sp³-hybridized carbons (Fsp3) is 0.700. The monoisotopic (exact) mass is 326 g/mol. The number of hydrogen-bond acceptors (Lipinski definition) is 5. The van der Waals surface area contributed by atoms with Gasteiger partial charge in [0.05, 0.1) is 6.20 Å². The summed E-state index contributed by atoms with van der Waals surface area (Å²) in [4.78, 5) is 3.77. The first-order valence-corrected chi connectivity index (χ1v) is 9.66. The van der Waals surface area contributed by atoms with Crippen molar-refractivity contribution >= 4 is 44.7 Å². The van der Waals surface area contributed by atoms with Gasteiger partial charge in [0.1, 0.15) is 0 Å². The van der Waals surface area contributed by atoms with Gasteiger partial charge in [0.25, 0.3) is 10.0 Å². The molecule has 102 valence electrons. The molecule has 1 aliphatic rings. The highest BCUT2D eigenvalue weighted by atomic mass is 35.5. The summed E-state index contributed by atoms with van der Waals surface area (Å²) in [7, 11) is -3.47. The molecule has 1 saturated carbocycles. The summed E-state index contributed by atoms with van der Waals surface area (Å²) < 4.78 is 27.6. The topological polar surface area (TPSA) is 59.1 Å². The van der Waals surface area contributed by atoms with Gasteiger partial charge < -0.3 is 0 Å². The Kier molecular flexibility index (Phi) is 4.93. The molecule has 4 nitrogen and oxygen atoms in total. The van der Waals surface area contributed by atoms with Gasteiger partial charge in [-0.2, -0.15) is 11.8 Å². The zero-order valence-electron chi connectivity index (χ0n) is 9.93. The van der Waals surface area contributed by atoms with E-state index in [2.05, 4.69) is 9.71 Å². The van der Waals surface area contributed by atoms with E-state index < -0.39 is 10.0 Å². The largest absolute Gasteiger partial charge is 0.251 e. The van der Waals surface area contributed by atoms with Gasteiger partial charge in [-0.1, -0.05) is 35.8 Å². The molecule has 0 saturated heterocycles. The molecule has 0 aromatic carbocycles. The van der Waals surface area contributed by atoms with Gasteiger partial charge in [0.2, 0.25) is 0 Å². The Labute approximate surface area is 121 Å². The molecule has 0 radical (unpaired) electrons. The van der Waals surface area contributed by atoms with Crippen LogP contribution in [0.2, 0.25) is 4.47 Å². The Morgan fingerprint density at radius 1 is 1.50 bits per heavy atom. The van der Waals surface area contributed by atoms with Gasteiger partial charge in [0.15, 0.2) is 8.68 Å². The lowest BCUT2D eigenvalue weighted by molar-refractivity contribution is 0.423. The van der Waals surface area contributed by atoms with Gasteiger partial charge >= 0.3 is 0 Å². The van der Waals surface area contributed by atoms with Crippen molar-refractivity contribution < 1.29 is 8.42 Å². The first-order chi connectivity index (χ1) is 8.53. The maximum absolute atomic E-state index is 12.2. The molecule has 2 rings (SSSR count). The lowest BCUT2D eigenvalue weighted by atomic mass is 9.96. The molecular weight excluding hydrogens is 312 g/mol. The number of aromatic nitrogens is 1. The van der Waals surface area contributed by atoms with Crippen LogP contribution in [-0.2, 0) is 10.0 Å². The summed E-state index contributed by atoms with van der Waals surface area (Å²) in [6.07, 6.45) is 7.56. The van der Waals surface area contributed by atoms with E-state index in [-0.39, 0.29) is 14.7 Å². The van der Waals surface area contributed by atoms with Crippen molar-refractivity contribution in [2.24, 2.45) is 0 Å². The third-order valence-corrected chi connectivity index (χ3v) is 7.27. The van der Waals surface area contributed by atoms with E-state index in [4.69, 9.17) is 11.6 Å². The number of halogens is 1. The zero-order valence-corrected chi connectivity index (χ0v) is 13.1. The number of rotatable bonds is 4. The predicted molar refractivity (Wildman–Crippen MR) is 77.0 cm³/mol. The molecule has 18 heavy (non-hydrogen) atoms. The number of thiazole rings is 1. The molecule has 8 heteroatoms. The van der Waals surface area contributed by atoms with Crippen molar-refractivity contribution in [1.29, 1.82) is 0 Å². The van der Waals surface area contributed by atoms with E-state index in [9.17, 15) is 8.42 Å². The van der Waals surface area contributed by atoms with Crippen LogP contribution in [0.1, 0.15) is 25.7 Å². The SMILES string of the molecule is CSC1CCCCC1NS(=O)(=O)c1cnc(Cl)s1. The minimum absolute atomic E-state index is 0.0135. The van der Waals surface area contributed by atoms with Crippen molar-refractivity contribution in [3.63, 3.8) is 0 Å². The van der Waals surface area contributed by atoms with Crippen LogP contribution in [0.4, 0.5) is 0 Å². The lowest BCUT2D eigenvalue weighted by Gasteiger charge is -2.30. The van der Waals surface area contributed by atoms with E-state index in [0.717, 1.165) is 30.6 Å². The van der Waals surface area contributed by atoms with E-state index in [1.54, 1.807) is 11.8 Å². The van der Waals surface area contributed by atoms with E-state index in [0.29, 0.717) is 5.25 Å². The molecule has 1 aromatic rings. The zero-order chi connectivity index (χ0) is 13.2. The Balaban J connectivity index is 2.12. The maximum atomic E-state index is 12.2. The summed E-state index contributed by atoms with van der Waals surface area (Å²) in [5, 5.41) is 0.358. The number of hydrogen-bond donors (Lipinski definition) is 1. The molecule has 0 spiro atoms. The van der Waals surface area contributed by atoms with Crippen LogP contribution in [0.5, 0.6) is 0 Å². The van der Waals surface area contributed by atoms with Crippen molar-refractivity contribution in [2.75, 3.05) is 6.26 Å². The second-order valence-corrected chi connectivity index (χ2v) is 8.85. The third kappa shape index (κ3) is 3.39. The van der Waals surface area contributed by atoms with Crippen molar-refractivity contribution in [3.8, 4) is 0 Å². The van der Waals surface area contributed by atoms with E-state index in [1.165, 1.54) is 12.6 Å². The van der Waals surface area contributed by atoms with Gasteiger partial charge in [-0.05, 0) is 19.1 Å². The first kappa shape index (κ1) is 14.6. The van der Waals surface area contributed by atoms with Crippen LogP contribution < -0.4 is 4.72 Å². The summed E-state index contributed by atoms with van der Waals surface area (Å²) in [5.41, 5.74) is 0. The quantitative estimate of drug-likeness (QED) is 0.924. The molecule has 1 aliphatic carbocycles. The number of nitrogens with one attached hydrogen (secondary N) is 1.